The van der Waals surface area contributed by atoms with Crippen molar-refractivity contribution in [2.24, 2.45) is 0 Å². The van der Waals surface area contributed by atoms with Crippen LogP contribution < -0.4 is 0 Å². The van der Waals surface area contributed by atoms with Gasteiger partial charge >= 0.3 is 11.9 Å². The zero-order valence-electron chi connectivity index (χ0n) is 12.0. The molecule has 0 heterocycles. The largest absolute Gasteiger partial charge is 0.462 e. The molecule has 0 radical (unpaired) electrons. The van der Waals surface area contributed by atoms with Gasteiger partial charge in [-0.15, -0.1) is 0 Å². The Morgan fingerprint density at radius 2 is 1.45 bits per heavy atom. The molecule has 5 heteroatoms. The van der Waals surface area contributed by atoms with Crippen molar-refractivity contribution in [3.63, 3.8) is 0 Å². The second-order valence-electron chi connectivity index (χ2n) is 4.47. The Balaban J connectivity index is 1.98. The first kappa shape index (κ1) is 16.2. The number of esters is 2. The Bertz CT molecular complexity index is 665. The van der Waals surface area contributed by atoms with E-state index >= 15 is 0 Å². The van der Waals surface area contributed by atoms with Gasteiger partial charge in [-0.25, -0.2) is 9.59 Å². The molecule has 2 aromatic carbocycles. The lowest BCUT2D eigenvalue weighted by Gasteiger charge is -2.07. The molecule has 0 aliphatic rings. The summed E-state index contributed by atoms with van der Waals surface area (Å²) in [5, 5.41) is 0. The average Bonchev–Trinajstić information content (AvgIpc) is 2.54. The minimum Gasteiger partial charge on any atom is -0.462 e. The molecule has 0 atom stereocenters. The van der Waals surface area contributed by atoms with Crippen LogP contribution in [0.15, 0.2) is 53.0 Å². The Morgan fingerprint density at radius 3 is 2.00 bits per heavy atom. The van der Waals surface area contributed by atoms with Crippen molar-refractivity contribution in [2.75, 3.05) is 6.61 Å². The fraction of sp³-hybridized carbons (Fsp3) is 0.176. The second kappa shape index (κ2) is 7.75. The number of benzene rings is 2. The normalized spacial score (nSPS) is 10.1. The number of halogens is 1. The molecule has 0 saturated heterocycles. The average molecular weight is 363 g/mol. The zero-order chi connectivity index (χ0) is 15.9. The first-order valence-electron chi connectivity index (χ1n) is 6.79. The molecular weight excluding hydrogens is 348 g/mol. The van der Waals surface area contributed by atoms with Gasteiger partial charge in [0.15, 0.2) is 0 Å². The molecule has 4 nitrogen and oxygen atoms in total. The van der Waals surface area contributed by atoms with E-state index in [1.807, 2.05) is 24.3 Å². The monoisotopic (exact) mass is 362 g/mol. The lowest BCUT2D eigenvalue weighted by atomic mass is 10.1. The third kappa shape index (κ3) is 4.18. The van der Waals surface area contributed by atoms with Gasteiger partial charge in [-0.05, 0) is 37.3 Å². The fourth-order valence-corrected chi connectivity index (χ4v) is 2.20. The van der Waals surface area contributed by atoms with Crippen LogP contribution >= 0.6 is 15.9 Å². The molecule has 0 aliphatic carbocycles. The molecule has 0 aromatic heterocycles. The number of carbonyl (C=O) groups is 2. The van der Waals surface area contributed by atoms with E-state index in [0.29, 0.717) is 17.7 Å². The number of ether oxygens (including phenoxy) is 2. The number of carbonyl (C=O) groups excluding carboxylic acids is 2. The minimum absolute atomic E-state index is 0.180. The van der Waals surface area contributed by atoms with E-state index in [1.165, 1.54) is 0 Å². The molecule has 114 valence electrons. The summed E-state index contributed by atoms with van der Waals surface area (Å²) in [6, 6.07) is 13.7. The lowest BCUT2D eigenvalue weighted by molar-refractivity contribution is 0.0468. The third-order valence-corrected chi connectivity index (χ3v) is 3.72. The summed E-state index contributed by atoms with van der Waals surface area (Å²) in [5.41, 5.74) is 1.68. The van der Waals surface area contributed by atoms with E-state index in [4.69, 9.17) is 9.47 Å². The molecule has 0 saturated carbocycles. The quantitative estimate of drug-likeness (QED) is 0.754. The van der Waals surface area contributed by atoms with Crippen LogP contribution in [0.4, 0.5) is 0 Å². The predicted octanol–water partition coefficient (Wildman–Crippen LogP) is 3.98. The van der Waals surface area contributed by atoms with Gasteiger partial charge in [-0.1, -0.05) is 34.1 Å². The molecule has 0 unspecified atom stereocenters. The van der Waals surface area contributed by atoms with E-state index in [1.54, 1.807) is 31.2 Å². The van der Waals surface area contributed by atoms with Crippen molar-refractivity contribution >= 4 is 27.9 Å². The van der Waals surface area contributed by atoms with E-state index < -0.39 is 11.9 Å². The van der Waals surface area contributed by atoms with Gasteiger partial charge in [-0.3, -0.25) is 0 Å². The van der Waals surface area contributed by atoms with Gasteiger partial charge in [0.25, 0.3) is 0 Å². The third-order valence-electron chi connectivity index (χ3n) is 2.95. The summed E-state index contributed by atoms with van der Waals surface area (Å²) < 4.78 is 11.0. The molecular formula is C17H15BrO4. The topological polar surface area (TPSA) is 52.6 Å². The van der Waals surface area contributed by atoms with Crippen LogP contribution in [0.3, 0.4) is 0 Å². The smallest absolute Gasteiger partial charge is 0.338 e. The molecule has 0 spiro atoms. The molecule has 0 amide bonds. The summed E-state index contributed by atoms with van der Waals surface area (Å²) in [5.74, 6) is -0.846. The summed E-state index contributed by atoms with van der Waals surface area (Å²) in [6.07, 6.45) is 0. The van der Waals surface area contributed by atoms with Crippen LogP contribution in [0.1, 0.15) is 33.2 Å². The number of hydrogen-bond acceptors (Lipinski definition) is 4. The fourth-order valence-electron chi connectivity index (χ4n) is 1.80. The molecule has 0 aliphatic heterocycles. The number of rotatable bonds is 5. The van der Waals surface area contributed by atoms with Gasteiger partial charge in [0.05, 0.1) is 17.7 Å². The van der Waals surface area contributed by atoms with Crippen LogP contribution in [0.5, 0.6) is 0 Å². The van der Waals surface area contributed by atoms with Crippen molar-refractivity contribution in [3.05, 3.63) is 69.7 Å². The van der Waals surface area contributed by atoms with Crippen LogP contribution in [-0.4, -0.2) is 18.5 Å². The van der Waals surface area contributed by atoms with E-state index in [2.05, 4.69) is 15.9 Å². The highest BCUT2D eigenvalue weighted by Gasteiger charge is 2.11. The van der Waals surface area contributed by atoms with Crippen molar-refractivity contribution < 1.29 is 19.1 Å². The maximum Gasteiger partial charge on any atom is 0.338 e. The molecule has 0 fully saturated rings. The first-order valence-corrected chi connectivity index (χ1v) is 7.59. The highest BCUT2D eigenvalue weighted by Crippen LogP contribution is 2.17. The Hall–Kier alpha value is -2.14. The molecule has 0 bridgehead atoms. The van der Waals surface area contributed by atoms with Gasteiger partial charge in [0.2, 0.25) is 0 Å². The standard InChI is InChI=1S/C17H15BrO4/c1-2-21-16(19)12-7-9-13(10-8-12)17(20)22-11-14-5-3-4-6-15(14)18/h3-10H,2,11H2,1H3. The Kier molecular flexibility index (Phi) is 5.72. The van der Waals surface area contributed by atoms with E-state index in [9.17, 15) is 9.59 Å². The number of hydrogen-bond donors (Lipinski definition) is 0. The van der Waals surface area contributed by atoms with Crippen molar-refractivity contribution in [1.29, 1.82) is 0 Å². The van der Waals surface area contributed by atoms with Crippen LogP contribution in [-0.2, 0) is 16.1 Å². The summed E-state index contributed by atoms with van der Waals surface area (Å²) >= 11 is 3.40. The van der Waals surface area contributed by atoms with E-state index in [0.717, 1.165) is 10.0 Å². The van der Waals surface area contributed by atoms with Gasteiger partial charge < -0.3 is 9.47 Å². The first-order chi connectivity index (χ1) is 10.6. The second-order valence-corrected chi connectivity index (χ2v) is 5.32. The molecule has 22 heavy (non-hydrogen) atoms. The van der Waals surface area contributed by atoms with Crippen LogP contribution in [0.25, 0.3) is 0 Å². The van der Waals surface area contributed by atoms with Crippen molar-refractivity contribution in [3.8, 4) is 0 Å². The van der Waals surface area contributed by atoms with Crippen molar-refractivity contribution in [2.45, 2.75) is 13.5 Å². The maximum absolute atomic E-state index is 12.0. The minimum atomic E-state index is -0.439. The predicted molar refractivity (Wildman–Crippen MR) is 85.7 cm³/mol. The van der Waals surface area contributed by atoms with Crippen LogP contribution in [0, 0.1) is 0 Å². The Labute approximate surface area is 137 Å². The molecule has 2 aromatic rings. The van der Waals surface area contributed by atoms with Crippen molar-refractivity contribution in [1.82, 2.24) is 0 Å². The Morgan fingerprint density at radius 1 is 0.909 bits per heavy atom. The summed E-state index contributed by atoms with van der Waals surface area (Å²) in [7, 11) is 0. The lowest BCUT2D eigenvalue weighted by Crippen LogP contribution is -2.08. The summed E-state index contributed by atoms with van der Waals surface area (Å²) in [4.78, 5) is 23.5. The van der Waals surface area contributed by atoms with Crippen LogP contribution in [0.2, 0.25) is 0 Å². The zero-order valence-corrected chi connectivity index (χ0v) is 13.6. The van der Waals surface area contributed by atoms with Gasteiger partial charge in [0.1, 0.15) is 6.61 Å². The highest BCUT2D eigenvalue weighted by molar-refractivity contribution is 9.10. The van der Waals surface area contributed by atoms with Gasteiger partial charge in [-0.2, -0.15) is 0 Å². The maximum atomic E-state index is 12.0. The molecule has 0 N–H and O–H groups in total. The summed E-state index contributed by atoms with van der Waals surface area (Å²) in [6.45, 7) is 2.24. The SMILES string of the molecule is CCOC(=O)c1ccc(C(=O)OCc2ccccc2Br)cc1. The molecule has 2 rings (SSSR count). The van der Waals surface area contributed by atoms with Gasteiger partial charge in [0, 0.05) is 10.0 Å². The van der Waals surface area contributed by atoms with E-state index in [-0.39, 0.29) is 6.61 Å². The highest BCUT2D eigenvalue weighted by atomic mass is 79.9.